The number of hydrogen-bond donors (Lipinski definition) is 2. The molecule has 0 aliphatic rings. The first-order valence-electron chi connectivity index (χ1n) is 6.91. The number of aryl methyl sites for hydroxylation is 1. The first-order valence-corrected chi connectivity index (χ1v) is 6.91. The minimum Gasteiger partial charge on any atom is -0.357 e. The monoisotopic (exact) mass is 265 g/mol. The van der Waals surface area contributed by atoms with Crippen molar-refractivity contribution in [3.63, 3.8) is 0 Å². The van der Waals surface area contributed by atoms with Gasteiger partial charge in [0.15, 0.2) is 5.96 Å². The Morgan fingerprint density at radius 3 is 2.63 bits per heavy atom. The van der Waals surface area contributed by atoms with E-state index < -0.39 is 0 Å². The highest BCUT2D eigenvalue weighted by Crippen LogP contribution is 2.16. The summed E-state index contributed by atoms with van der Waals surface area (Å²) in [4.78, 5) is 4.57. The number of aliphatic imine (C=N–C) groups is 1. The second-order valence-electron chi connectivity index (χ2n) is 5.88. The number of nitrogens with one attached hydrogen (secondary N) is 2. The van der Waals surface area contributed by atoms with E-state index in [2.05, 4.69) is 48.4 Å². The third-order valence-electron chi connectivity index (χ3n) is 2.83. The van der Waals surface area contributed by atoms with Crippen molar-refractivity contribution in [3.05, 3.63) is 18.0 Å². The van der Waals surface area contributed by atoms with Crippen molar-refractivity contribution in [1.82, 2.24) is 20.4 Å². The summed E-state index contributed by atoms with van der Waals surface area (Å²) in [7, 11) is 1.94. The summed E-state index contributed by atoms with van der Waals surface area (Å²) in [6.45, 7) is 11.2. The quantitative estimate of drug-likeness (QED) is 0.631. The highest BCUT2D eigenvalue weighted by molar-refractivity contribution is 5.79. The van der Waals surface area contributed by atoms with Crippen LogP contribution < -0.4 is 10.6 Å². The fourth-order valence-corrected chi connectivity index (χ4v) is 1.61. The van der Waals surface area contributed by atoms with Crippen LogP contribution in [0.5, 0.6) is 0 Å². The first kappa shape index (κ1) is 15.5. The second kappa shape index (κ2) is 7.16. The largest absolute Gasteiger partial charge is 0.357 e. The van der Waals surface area contributed by atoms with Crippen LogP contribution in [0.3, 0.4) is 0 Å². The average Bonchev–Trinajstić information content (AvgIpc) is 2.70. The molecule has 1 aromatic heterocycles. The first-order chi connectivity index (χ1) is 8.92. The molecule has 0 unspecified atom stereocenters. The van der Waals surface area contributed by atoms with E-state index >= 15 is 0 Å². The Bertz CT molecular complexity index is 400. The number of nitrogens with zero attached hydrogens (tertiary/aromatic N) is 3. The Morgan fingerprint density at radius 2 is 2.11 bits per heavy atom. The normalized spacial score (nSPS) is 12.6. The third kappa shape index (κ3) is 6.27. The summed E-state index contributed by atoms with van der Waals surface area (Å²) in [6.07, 6.45) is 2.91. The molecule has 1 rings (SSSR count). The summed E-state index contributed by atoms with van der Waals surface area (Å²) in [6, 6.07) is 1.99. The fraction of sp³-hybridized carbons (Fsp3) is 0.714. The maximum Gasteiger partial charge on any atom is 0.191 e. The molecule has 0 amide bonds. The fourth-order valence-electron chi connectivity index (χ4n) is 1.61. The van der Waals surface area contributed by atoms with Crippen LogP contribution in [0.25, 0.3) is 0 Å². The highest BCUT2D eigenvalue weighted by Gasteiger charge is 2.09. The smallest absolute Gasteiger partial charge is 0.191 e. The third-order valence-corrected chi connectivity index (χ3v) is 2.83. The van der Waals surface area contributed by atoms with E-state index in [-0.39, 0.29) is 0 Å². The van der Waals surface area contributed by atoms with Gasteiger partial charge in [-0.1, -0.05) is 20.8 Å². The molecular weight excluding hydrogens is 238 g/mol. The predicted molar refractivity (Wildman–Crippen MR) is 80.1 cm³/mol. The molecule has 0 fully saturated rings. The summed E-state index contributed by atoms with van der Waals surface area (Å²) in [5, 5.41) is 10.8. The molecule has 0 saturated carbocycles. The number of rotatable bonds is 5. The van der Waals surface area contributed by atoms with Gasteiger partial charge in [-0.2, -0.15) is 5.10 Å². The van der Waals surface area contributed by atoms with Crippen LogP contribution in [-0.4, -0.2) is 28.8 Å². The second-order valence-corrected chi connectivity index (χ2v) is 5.88. The maximum atomic E-state index is 4.57. The van der Waals surface area contributed by atoms with Crippen LogP contribution in [0.2, 0.25) is 0 Å². The van der Waals surface area contributed by atoms with Crippen LogP contribution >= 0.6 is 0 Å². The van der Waals surface area contributed by atoms with Crippen molar-refractivity contribution >= 4 is 5.96 Å². The molecule has 5 heteroatoms. The Kier molecular flexibility index (Phi) is 5.86. The van der Waals surface area contributed by atoms with Gasteiger partial charge in [-0.05, 0) is 24.8 Å². The topological polar surface area (TPSA) is 54.2 Å². The van der Waals surface area contributed by atoms with Crippen LogP contribution in [0.1, 0.15) is 39.8 Å². The van der Waals surface area contributed by atoms with Crippen molar-refractivity contribution in [2.75, 3.05) is 13.1 Å². The van der Waals surface area contributed by atoms with E-state index in [0.29, 0.717) is 12.0 Å². The molecular formula is C14H27N5. The lowest BCUT2D eigenvalue weighted by atomic mass is 9.92. The zero-order valence-electron chi connectivity index (χ0n) is 12.8. The van der Waals surface area contributed by atoms with Crippen molar-refractivity contribution in [3.8, 4) is 0 Å². The molecule has 0 aromatic carbocycles. The average molecular weight is 265 g/mol. The van der Waals surface area contributed by atoms with Gasteiger partial charge in [0.25, 0.3) is 0 Å². The standard InChI is InChI=1S/C14H27N5/c1-6-15-13(16-10-8-14(2,3)4)17-11-12-7-9-18-19(12)5/h7,9H,6,8,10-11H2,1-5H3,(H2,15,16,17). The zero-order chi connectivity index (χ0) is 14.3. The molecule has 0 atom stereocenters. The highest BCUT2D eigenvalue weighted by atomic mass is 15.3. The molecule has 5 nitrogen and oxygen atoms in total. The SMILES string of the molecule is CCNC(=NCc1ccnn1C)NCCC(C)(C)C. The molecule has 1 heterocycles. The molecule has 0 spiro atoms. The van der Waals surface area contributed by atoms with E-state index in [0.717, 1.165) is 31.2 Å². The van der Waals surface area contributed by atoms with E-state index in [1.165, 1.54) is 0 Å². The minimum atomic E-state index is 0.340. The van der Waals surface area contributed by atoms with Crippen molar-refractivity contribution in [2.24, 2.45) is 17.5 Å². The summed E-state index contributed by atoms with van der Waals surface area (Å²) in [5.74, 6) is 0.868. The molecule has 0 aliphatic carbocycles. The number of guanidine groups is 1. The summed E-state index contributed by atoms with van der Waals surface area (Å²) >= 11 is 0. The Hall–Kier alpha value is -1.52. The molecule has 2 N–H and O–H groups in total. The van der Waals surface area contributed by atoms with Gasteiger partial charge in [-0.25, -0.2) is 4.99 Å². The molecule has 0 bridgehead atoms. The number of aromatic nitrogens is 2. The van der Waals surface area contributed by atoms with Gasteiger partial charge >= 0.3 is 0 Å². The lowest BCUT2D eigenvalue weighted by Gasteiger charge is -2.19. The van der Waals surface area contributed by atoms with Gasteiger partial charge in [0.05, 0.1) is 12.2 Å². The van der Waals surface area contributed by atoms with Gasteiger partial charge in [0, 0.05) is 26.3 Å². The van der Waals surface area contributed by atoms with Crippen LogP contribution in [0.15, 0.2) is 17.3 Å². The van der Waals surface area contributed by atoms with Crippen molar-refractivity contribution in [1.29, 1.82) is 0 Å². The zero-order valence-corrected chi connectivity index (χ0v) is 12.8. The van der Waals surface area contributed by atoms with Crippen LogP contribution in [0.4, 0.5) is 0 Å². The van der Waals surface area contributed by atoms with Crippen LogP contribution in [-0.2, 0) is 13.6 Å². The van der Waals surface area contributed by atoms with Gasteiger partial charge < -0.3 is 10.6 Å². The van der Waals surface area contributed by atoms with E-state index in [1.54, 1.807) is 6.20 Å². The Balaban J connectivity index is 2.49. The van der Waals surface area contributed by atoms with Gasteiger partial charge in [-0.3, -0.25) is 4.68 Å². The minimum absolute atomic E-state index is 0.340. The van der Waals surface area contributed by atoms with Crippen molar-refractivity contribution in [2.45, 2.75) is 40.7 Å². The predicted octanol–water partition coefficient (Wildman–Crippen LogP) is 1.91. The van der Waals surface area contributed by atoms with Crippen LogP contribution in [0, 0.1) is 5.41 Å². The Labute approximate surface area is 116 Å². The lowest BCUT2D eigenvalue weighted by molar-refractivity contribution is 0.377. The van der Waals surface area contributed by atoms with E-state index in [4.69, 9.17) is 0 Å². The molecule has 0 saturated heterocycles. The van der Waals surface area contributed by atoms with Gasteiger partial charge in [0.2, 0.25) is 0 Å². The van der Waals surface area contributed by atoms with Gasteiger partial charge in [0.1, 0.15) is 0 Å². The van der Waals surface area contributed by atoms with E-state index in [1.807, 2.05) is 17.8 Å². The summed E-state index contributed by atoms with van der Waals surface area (Å²) in [5.41, 5.74) is 1.44. The lowest BCUT2D eigenvalue weighted by Crippen LogP contribution is -2.38. The number of hydrogen-bond acceptors (Lipinski definition) is 2. The van der Waals surface area contributed by atoms with Gasteiger partial charge in [-0.15, -0.1) is 0 Å². The molecule has 0 aliphatic heterocycles. The molecule has 1 aromatic rings. The van der Waals surface area contributed by atoms with Crippen molar-refractivity contribution < 1.29 is 0 Å². The van der Waals surface area contributed by atoms with E-state index in [9.17, 15) is 0 Å². The molecule has 0 radical (unpaired) electrons. The summed E-state index contributed by atoms with van der Waals surface area (Å²) < 4.78 is 1.85. The maximum absolute atomic E-state index is 4.57. The molecule has 108 valence electrons. The Morgan fingerprint density at radius 1 is 1.37 bits per heavy atom. The molecule has 19 heavy (non-hydrogen) atoms.